The molecule has 2 rings (SSSR count). The molecule has 0 fully saturated rings. The molecular formula is C15H15BrN2O3S. The Bertz CT molecular complexity index is 782. The van der Waals surface area contributed by atoms with E-state index in [1.165, 1.54) is 19.1 Å². The zero-order valence-electron chi connectivity index (χ0n) is 12.1. The molecule has 0 aliphatic carbocycles. The summed E-state index contributed by atoms with van der Waals surface area (Å²) in [7, 11) is -3.68. The van der Waals surface area contributed by atoms with E-state index in [0.29, 0.717) is 11.4 Å². The van der Waals surface area contributed by atoms with Gasteiger partial charge in [0.1, 0.15) is 0 Å². The van der Waals surface area contributed by atoms with E-state index >= 15 is 0 Å². The minimum Gasteiger partial charge on any atom is -0.326 e. The van der Waals surface area contributed by atoms with Gasteiger partial charge in [0, 0.05) is 17.1 Å². The number of rotatable bonds is 4. The van der Waals surface area contributed by atoms with Crippen molar-refractivity contribution in [1.82, 2.24) is 0 Å². The van der Waals surface area contributed by atoms with Gasteiger partial charge in [-0.2, -0.15) is 0 Å². The third kappa shape index (κ3) is 4.32. The number of hydrogen-bond acceptors (Lipinski definition) is 3. The van der Waals surface area contributed by atoms with Gasteiger partial charge in [0.05, 0.1) is 10.6 Å². The Morgan fingerprint density at radius 1 is 1.05 bits per heavy atom. The van der Waals surface area contributed by atoms with E-state index in [-0.39, 0.29) is 10.8 Å². The average Bonchev–Trinajstić information content (AvgIpc) is 2.36. The molecule has 0 saturated carbocycles. The molecule has 0 heterocycles. The van der Waals surface area contributed by atoms with Gasteiger partial charge in [-0.25, -0.2) is 8.42 Å². The van der Waals surface area contributed by atoms with Gasteiger partial charge < -0.3 is 5.32 Å². The van der Waals surface area contributed by atoms with Crippen LogP contribution in [0.3, 0.4) is 0 Å². The van der Waals surface area contributed by atoms with E-state index < -0.39 is 10.0 Å². The molecule has 2 aromatic rings. The molecule has 0 aromatic heterocycles. The minimum atomic E-state index is -3.68. The normalized spacial score (nSPS) is 11.0. The molecule has 7 heteroatoms. The van der Waals surface area contributed by atoms with Crippen molar-refractivity contribution in [3.05, 3.63) is 52.5 Å². The first-order chi connectivity index (χ1) is 10.3. The van der Waals surface area contributed by atoms with E-state index in [0.717, 1.165) is 10.0 Å². The van der Waals surface area contributed by atoms with Crippen molar-refractivity contribution in [2.45, 2.75) is 18.7 Å². The number of halogens is 1. The number of nitrogens with one attached hydrogen (secondary N) is 2. The number of carbonyl (C=O) groups is 1. The maximum absolute atomic E-state index is 12.3. The average molecular weight is 383 g/mol. The predicted molar refractivity (Wildman–Crippen MR) is 90.4 cm³/mol. The standard InChI is InChI=1S/C15H15BrN2O3S/c1-10-7-12(16)9-14(8-10)18-22(20,21)15-5-3-13(4-6-15)17-11(2)19/h3-9,18H,1-2H3,(H,17,19). The van der Waals surface area contributed by atoms with Crippen LogP contribution < -0.4 is 10.0 Å². The first kappa shape index (κ1) is 16.5. The summed E-state index contributed by atoms with van der Waals surface area (Å²) in [4.78, 5) is 11.1. The molecule has 0 bridgehead atoms. The molecule has 2 aromatic carbocycles. The highest BCUT2D eigenvalue weighted by atomic mass is 79.9. The Balaban J connectivity index is 2.24. The van der Waals surface area contributed by atoms with Crippen molar-refractivity contribution >= 4 is 43.2 Å². The summed E-state index contributed by atoms with van der Waals surface area (Å²) in [5.41, 5.74) is 1.97. The number of carbonyl (C=O) groups excluding carboxylic acids is 1. The van der Waals surface area contributed by atoms with Crippen LogP contribution >= 0.6 is 15.9 Å². The van der Waals surface area contributed by atoms with Gasteiger partial charge in [-0.1, -0.05) is 15.9 Å². The first-order valence-electron chi connectivity index (χ1n) is 6.44. The second-order valence-corrected chi connectivity index (χ2v) is 7.43. The Morgan fingerprint density at radius 2 is 1.68 bits per heavy atom. The lowest BCUT2D eigenvalue weighted by molar-refractivity contribution is -0.114. The topological polar surface area (TPSA) is 75.3 Å². The summed E-state index contributed by atoms with van der Waals surface area (Å²) < 4.78 is 28.0. The van der Waals surface area contributed by atoms with Crippen LogP contribution in [-0.2, 0) is 14.8 Å². The molecule has 2 N–H and O–H groups in total. The Morgan fingerprint density at radius 3 is 2.23 bits per heavy atom. The number of benzene rings is 2. The molecule has 1 amide bonds. The van der Waals surface area contributed by atoms with E-state index in [2.05, 4.69) is 26.0 Å². The first-order valence-corrected chi connectivity index (χ1v) is 8.71. The number of amides is 1. The fourth-order valence-corrected chi connectivity index (χ4v) is 3.58. The van der Waals surface area contributed by atoms with Crippen LogP contribution in [0.25, 0.3) is 0 Å². The second-order valence-electron chi connectivity index (χ2n) is 4.83. The van der Waals surface area contributed by atoms with Crippen LogP contribution in [0, 0.1) is 6.92 Å². The Kier molecular flexibility index (Phi) is 4.87. The SMILES string of the molecule is CC(=O)Nc1ccc(S(=O)(=O)Nc2cc(C)cc(Br)c2)cc1. The van der Waals surface area contributed by atoms with Gasteiger partial charge in [0.25, 0.3) is 10.0 Å². The highest BCUT2D eigenvalue weighted by molar-refractivity contribution is 9.10. The molecule has 0 spiro atoms. The third-order valence-corrected chi connectivity index (χ3v) is 4.63. The van der Waals surface area contributed by atoms with Crippen LogP contribution in [0.15, 0.2) is 51.8 Å². The third-order valence-electron chi connectivity index (χ3n) is 2.78. The van der Waals surface area contributed by atoms with Crippen LogP contribution in [0.5, 0.6) is 0 Å². The van der Waals surface area contributed by atoms with E-state index in [4.69, 9.17) is 0 Å². The van der Waals surface area contributed by atoms with Crippen LogP contribution in [-0.4, -0.2) is 14.3 Å². The van der Waals surface area contributed by atoms with Crippen molar-refractivity contribution in [2.24, 2.45) is 0 Å². The summed E-state index contributed by atoms with van der Waals surface area (Å²) in [6.07, 6.45) is 0. The molecule has 116 valence electrons. The zero-order chi connectivity index (χ0) is 16.3. The maximum atomic E-state index is 12.3. The molecule has 5 nitrogen and oxygen atoms in total. The predicted octanol–water partition coefficient (Wildman–Crippen LogP) is 3.52. The lowest BCUT2D eigenvalue weighted by Crippen LogP contribution is -2.13. The second kappa shape index (κ2) is 6.50. The van der Waals surface area contributed by atoms with Crippen LogP contribution in [0.4, 0.5) is 11.4 Å². The van der Waals surface area contributed by atoms with Crippen LogP contribution in [0.2, 0.25) is 0 Å². The number of hydrogen-bond donors (Lipinski definition) is 2. The summed E-state index contributed by atoms with van der Waals surface area (Å²) in [6.45, 7) is 3.27. The largest absolute Gasteiger partial charge is 0.326 e. The lowest BCUT2D eigenvalue weighted by Gasteiger charge is -2.10. The quantitative estimate of drug-likeness (QED) is 0.849. The molecule has 0 saturated heterocycles. The van der Waals surface area contributed by atoms with Gasteiger partial charge in [-0.3, -0.25) is 9.52 Å². The van der Waals surface area contributed by atoms with Crippen molar-refractivity contribution in [1.29, 1.82) is 0 Å². The van der Waals surface area contributed by atoms with Crippen molar-refractivity contribution in [3.8, 4) is 0 Å². The fourth-order valence-electron chi connectivity index (χ4n) is 1.93. The fraction of sp³-hybridized carbons (Fsp3) is 0.133. The molecule has 0 radical (unpaired) electrons. The van der Waals surface area contributed by atoms with Gasteiger partial charge in [0.15, 0.2) is 0 Å². The highest BCUT2D eigenvalue weighted by Gasteiger charge is 2.14. The minimum absolute atomic E-state index is 0.124. The molecular weight excluding hydrogens is 368 g/mol. The molecule has 0 aliphatic rings. The van der Waals surface area contributed by atoms with Gasteiger partial charge in [-0.05, 0) is 55.0 Å². The number of anilines is 2. The van der Waals surface area contributed by atoms with Crippen molar-refractivity contribution in [3.63, 3.8) is 0 Å². The van der Waals surface area contributed by atoms with Gasteiger partial charge >= 0.3 is 0 Å². The molecule has 0 atom stereocenters. The maximum Gasteiger partial charge on any atom is 0.261 e. The van der Waals surface area contributed by atoms with E-state index in [1.807, 2.05) is 13.0 Å². The zero-order valence-corrected chi connectivity index (χ0v) is 14.5. The Labute approximate surface area is 137 Å². The number of sulfonamides is 1. The monoisotopic (exact) mass is 382 g/mol. The highest BCUT2D eigenvalue weighted by Crippen LogP contribution is 2.22. The summed E-state index contributed by atoms with van der Waals surface area (Å²) >= 11 is 3.33. The molecule has 0 unspecified atom stereocenters. The smallest absolute Gasteiger partial charge is 0.261 e. The van der Waals surface area contributed by atoms with Gasteiger partial charge in [-0.15, -0.1) is 0 Å². The lowest BCUT2D eigenvalue weighted by atomic mass is 10.2. The van der Waals surface area contributed by atoms with E-state index in [1.54, 1.807) is 24.3 Å². The van der Waals surface area contributed by atoms with Crippen molar-refractivity contribution in [2.75, 3.05) is 10.0 Å². The number of aryl methyl sites for hydroxylation is 1. The van der Waals surface area contributed by atoms with Crippen molar-refractivity contribution < 1.29 is 13.2 Å². The Hall–Kier alpha value is -1.86. The molecule has 0 aliphatic heterocycles. The van der Waals surface area contributed by atoms with Gasteiger partial charge in [0.2, 0.25) is 5.91 Å². The summed E-state index contributed by atoms with van der Waals surface area (Å²) in [5, 5.41) is 2.59. The molecule has 22 heavy (non-hydrogen) atoms. The summed E-state index contributed by atoms with van der Waals surface area (Å²) in [6, 6.07) is 11.3. The van der Waals surface area contributed by atoms with Crippen LogP contribution in [0.1, 0.15) is 12.5 Å². The van der Waals surface area contributed by atoms with E-state index in [9.17, 15) is 13.2 Å². The summed E-state index contributed by atoms with van der Waals surface area (Å²) in [5.74, 6) is -0.210.